The van der Waals surface area contributed by atoms with Crippen molar-refractivity contribution in [3.63, 3.8) is 0 Å². The van der Waals surface area contributed by atoms with Crippen molar-refractivity contribution in [1.29, 1.82) is 0 Å². The summed E-state index contributed by atoms with van der Waals surface area (Å²) in [5.74, 6) is -1.21. The van der Waals surface area contributed by atoms with E-state index in [9.17, 15) is 14.0 Å². The average Bonchev–Trinajstić information content (AvgIpc) is 2.38. The van der Waals surface area contributed by atoms with E-state index in [1.54, 1.807) is 24.3 Å². The van der Waals surface area contributed by atoms with Gasteiger partial charge in [0.25, 0.3) is 0 Å². The molecule has 0 fully saturated rings. The zero-order valence-electron chi connectivity index (χ0n) is 9.39. The molecule has 0 heterocycles. The Morgan fingerprint density at radius 3 is 2.28 bits per heavy atom. The highest BCUT2D eigenvalue weighted by atomic mass is 19.1. The van der Waals surface area contributed by atoms with Gasteiger partial charge >= 0.3 is 0 Å². The molecule has 1 amide bonds. The summed E-state index contributed by atoms with van der Waals surface area (Å²) in [5.41, 5.74) is 7.02. The molecule has 2 N–H and O–H groups in total. The number of rotatable bonds is 3. The minimum absolute atomic E-state index is 0.115. The van der Waals surface area contributed by atoms with Gasteiger partial charge in [0.15, 0.2) is 0 Å². The summed E-state index contributed by atoms with van der Waals surface area (Å²) < 4.78 is 13.4. The Morgan fingerprint density at radius 1 is 1.06 bits per heavy atom. The van der Waals surface area contributed by atoms with E-state index in [0.717, 1.165) is 12.4 Å². The quantitative estimate of drug-likeness (QED) is 0.841. The Bertz CT molecular complexity index is 606. The summed E-state index contributed by atoms with van der Waals surface area (Å²) >= 11 is 0. The van der Waals surface area contributed by atoms with E-state index in [0.29, 0.717) is 16.7 Å². The lowest BCUT2D eigenvalue weighted by Crippen LogP contribution is -2.11. The normalized spacial score (nSPS) is 10.1. The number of nitrogens with two attached hydrogens (primary N) is 1. The van der Waals surface area contributed by atoms with Crippen molar-refractivity contribution in [2.75, 3.05) is 0 Å². The van der Waals surface area contributed by atoms with E-state index in [4.69, 9.17) is 5.73 Å². The predicted molar refractivity (Wildman–Crippen MR) is 65.7 cm³/mol. The summed E-state index contributed by atoms with van der Waals surface area (Å²) in [6.45, 7) is 0. The van der Waals surface area contributed by atoms with E-state index in [1.165, 1.54) is 12.1 Å². The SMILES string of the molecule is NC(=O)c1cc(F)cc(-c2ccc(C=O)cc2)c1. The second-order valence-electron chi connectivity index (χ2n) is 3.83. The third-order valence-electron chi connectivity index (χ3n) is 2.56. The number of amides is 1. The standard InChI is InChI=1S/C14H10FNO2/c15-13-6-11(5-12(7-13)14(16)18)10-3-1-9(8-17)2-4-10/h1-8H,(H2,16,18). The van der Waals surface area contributed by atoms with Crippen molar-refractivity contribution in [2.24, 2.45) is 5.73 Å². The fourth-order valence-corrected chi connectivity index (χ4v) is 1.65. The average molecular weight is 243 g/mol. The van der Waals surface area contributed by atoms with Crippen LogP contribution in [0.5, 0.6) is 0 Å². The highest BCUT2D eigenvalue weighted by molar-refractivity contribution is 5.94. The van der Waals surface area contributed by atoms with E-state index in [2.05, 4.69) is 0 Å². The molecule has 0 aliphatic carbocycles. The molecule has 2 aromatic carbocycles. The first-order valence-electron chi connectivity index (χ1n) is 5.26. The van der Waals surface area contributed by atoms with Gasteiger partial charge in [-0.25, -0.2) is 4.39 Å². The summed E-state index contributed by atoms with van der Waals surface area (Å²) in [6, 6.07) is 10.5. The maximum atomic E-state index is 13.4. The molecule has 0 aliphatic rings. The van der Waals surface area contributed by atoms with Crippen molar-refractivity contribution >= 4 is 12.2 Å². The van der Waals surface area contributed by atoms with Crippen LogP contribution in [-0.2, 0) is 0 Å². The van der Waals surface area contributed by atoms with Crippen LogP contribution in [0, 0.1) is 5.82 Å². The maximum Gasteiger partial charge on any atom is 0.248 e. The first kappa shape index (κ1) is 12.0. The number of aldehydes is 1. The van der Waals surface area contributed by atoms with Gasteiger partial charge in [-0.05, 0) is 29.3 Å². The molecule has 0 bridgehead atoms. The van der Waals surface area contributed by atoms with E-state index in [-0.39, 0.29) is 5.56 Å². The van der Waals surface area contributed by atoms with Crippen LogP contribution in [0.25, 0.3) is 11.1 Å². The molecular formula is C14H10FNO2. The lowest BCUT2D eigenvalue weighted by molar-refractivity contribution is 0.0999. The largest absolute Gasteiger partial charge is 0.366 e. The van der Waals surface area contributed by atoms with Crippen LogP contribution in [-0.4, -0.2) is 12.2 Å². The molecule has 90 valence electrons. The molecule has 2 aromatic rings. The molecular weight excluding hydrogens is 233 g/mol. The Morgan fingerprint density at radius 2 is 1.72 bits per heavy atom. The van der Waals surface area contributed by atoms with Crippen molar-refractivity contribution in [1.82, 2.24) is 0 Å². The van der Waals surface area contributed by atoms with Crippen LogP contribution in [0.4, 0.5) is 4.39 Å². The molecule has 0 saturated heterocycles. The van der Waals surface area contributed by atoms with Crippen molar-refractivity contribution in [3.8, 4) is 11.1 Å². The van der Waals surface area contributed by atoms with Crippen molar-refractivity contribution in [3.05, 3.63) is 59.4 Å². The number of hydrogen-bond acceptors (Lipinski definition) is 2. The van der Waals surface area contributed by atoms with Crippen LogP contribution in [0.2, 0.25) is 0 Å². The molecule has 0 atom stereocenters. The second-order valence-corrected chi connectivity index (χ2v) is 3.83. The fourth-order valence-electron chi connectivity index (χ4n) is 1.65. The van der Waals surface area contributed by atoms with Gasteiger partial charge in [0.05, 0.1) is 0 Å². The van der Waals surface area contributed by atoms with Crippen LogP contribution >= 0.6 is 0 Å². The van der Waals surface area contributed by atoms with Crippen LogP contribution in [0.1, 0.15) is 20.7 Å². The molecule has 0 spiro atoms. The third-order valence-corrected chi connectivity index (χ3v) is 2.56. The summed E-state index contributed by atoms with van der Waals surface area (Å²) in [6.07, 6.45) is 0.726. The Kier molecular flexibility index (Phi) is 3.19. The highest BCUT2D eigenvalue weighted by Crippen LogP contribution is 2.22. The van der Waals surface area contributed by atoms with Crippen LogP contribution in [0.15, 0.2) is 42.5 Å². The molecule has 0 unspecified atom stereocenters. The van der Waals surface area contributed by atoms with Crippen LogP contribution in [0.3, 0.4) is 0 Å². The van der Waals surface area contributed by atoms with Gasteiger partial charge in [0.1, 0.15) is 12.1 Å². The Balaban J connectivity index is 2.49. The fraction of sp³-hybridized carbons (Fsp3) is 0. The van der Waals surface area contributed by atoms with Gasteiger partial charge in [-0.2, -0.15) is 0 Å². The topological polar surface area (TPSA) is 60.2 Å². The molecule has 2 rings (SSSR count). The summed E-state index contributed by atoms with van der Waals surface area (Å²) in [5, 5.41) is 0. The van der Waals surface area contributed by atoms with Gasteiger partial charge < -0.3 is 5.73 Å². The van der Waals surface area contributed by atoms with E-state index < -0.39 is 11.7 Å². The lowest BCUT2D eigenvalue weighted by Gasteiger charge is -2.04. The van der Waals surface area contributed by atoms with Gasteiger partial charge in [-0.3, -0.25) is 9.59 Å². The molecule has 0 saturated carbocycles. The Labute approximate surface area is 103 Å². The third kappa shape index (κ3) is 2.43. The molecule has 0 aliphatic heterocycles. The number of halogens is 1. The van der Waals surface area contributed by atoms with Crippen molar-refractivity contribution < 1.29 is 14.0 Å². The van der Waals surface area contributed by atoms with E-state index >= 15 is 0 Å². The monoisotopic (exact) mass is 243 g/mol. The number of carbonyl (C=O) groups is 2. The summed E-state index contributed by atoms with van der Waals surface area (Å²) in [4.78, 5) is 21.6. The Hall–Kier alpha value is -2.49. The van der Waals surface area contributed by atoms with Gasteiger partial charge in [-0.1, -0.05) is 24.3 Å². The second kappa shape index (κ2) is 4.79. The number of primary amides is 1. The minimum Gasteiger partial charge on any atom is -0.366 e. The molecule has 0 aromatic heterocycles. The smallest absolute Gasteiger partial charge is 0.248 e. The summed E-state index contributed by atoms with van der Waals surface area (Å²) in [7, 11) is 0. The van der Waals surface area contributed by atoms with Crippen molar-refractivity contribution in [2.45, 2.75) is 0 Å². The molecule has 3 nitrogen and oxygen atoms in total. The lowest BCUT2D eigenvalue weighted by atomic mass is 10.0. The van der Waals surface area contributed by atoms with Gasteiger partial charge in [-0.15, -0.1) is 0 Å². The minimum atomic E-state index is -0.680. The zero-order valence-corrected chi connectivity index (χ0v) is 9.39. The molecule has 18 heavy (non-hydrogen) atoms. The maximum absolute atomic E-state index is 13.4. The molecule has 4 heteroatoms. The molecule has 0 radical (unpaired) electrons. The first-order valence-corrected chi connectivity index (χ1v) is 5.26. The number of carbonyl (C=O) groups excluding carboxylic acids is 2. The predicted octanol–water partition coefficient (Wildman–Crippen LogP) is 2.40. The van der Waals surface area contributed by atoms with E-state index in [1.807, 2.05) is 0 Å². The highest BCUT2D eigenvalue weighted by Gasteiger charge is 2.07. The van der Waals surface area contributed by atoms with Crippen LogP contribution < -0.4 is 5.73 Å². The zero-order chi connectivity index (χ0) is 13.1. The number of hydrogen-bond donors (Lipinski definition) is 1. The van der Waals surface area contributed by atoms with Gasteiger partial charge in [0, 0.05) is 11.1 Å². The first-order chi connectivity index (χ1) is 8.60. The number of benzene rings is 2. The van der Waals surface area contributed by atoms with Gasteiger partial charge in [0.2, 0.25) is 5.91 Å².